The molecule has 3 heteroatoms. The number of benzene rings is 2. The Morgan fingerprint density at radius 3 is 2.62 bits per heavy atom. The van der Waals surface area contributed by atoms with E-state index < -0.39 is 0 Å². The summed E-state index contributed by atoms with van der Waals surface area (Å²) in [4.78, 5) is 11.4. The summed E-state index contributed by atoms with van der Waals surface area (Å²) in [6.45, 7) is 9.91. The van der Waals surface area contributed by atoms with Gasteiger partial charge in [-0.25, -0.2) is 0 Å². The molecule has 0 radical (unpaired) electrons. The molecule has 0 saturated heterocycles. The molecule has 1 unspecified atom stereocenters. The van der Waals surface area contributed by atoms with Gasteiger partial charge in [0.2, 0.25) is 0 Å². The van der Waals surface area contributed by atoms with E-state index in [1.165, 1.54) is 18.1 Å². The number of carbonyl (C=O) groups excluding carboxylic acids is 1. The van der Waals surface area contributed by atoms with Crippen molar-refractivity contribution in [1.29, 1.82) is 0 Å². The highest BCUT2D eigenvalue weighted by molar-refractivity contribution is 5.89. The standard InChI is InChI=1S/C21H26O3/c1-12(2)16-10-14-6-8-18-15(17(14)11-19(16)23)7-9-20(21(18,4)5)24-13(3)22/h6,8,10-12,20,23H,7,9H2,1-5H3. The number of fused-ring (bicyclic) bond motifs is 3. The second kappa shape index (κ2) is 5.80. The topological polar surface area (TPSA) is 46.5 Å². The molecule has 128 valence electrons. The van der Waals surface area contributed by atoms with Crippen molar-refractivity contribution in [3.8, 4) is 5.75 Å². The maximum absolute atomic E-state index is 11.4. The van der Waals surface area contributed by atoms with E-state index in [1.54, 1.807) is 0 Å². The normalized spacial score (nSPS) is 19.3. The summed E-state index contributed by atoms with van der Waals surface area (Å²) < 4.78 is 5.56. The molecule has 3 nitrogen and oxygen atoms in total. The van der Waals surface area contributed by atoms with Gasteiger partial charge in [-0.2, -0.15) is 0 Å². The van der Waals surface area contributed by atoms with E-state index in [1.807, 2.05) is 6.07 Å². The van der Waals surface area contributed by atoms with Crippen molar-refractivity contribution in [2.45, 2.75) is 64.9 Å². The van der Waals surface area contributed by atoms with Crippen LogP contribution in [0.15, 0.2) is 24.3 Å². The van der Waals surface area contributed by atoms with Crippen molar-refractivity contribution in [3.63, 3.8) is 0 Å². The maximum atomic E-state index is 11.4. The zero-order valence-corrected chi connectivity index (χ0v) is 15.1. The fraction of sp³-hybridized carbons (Fsp3) is 0.476. The SMILES string of the molecule is CC(=O)OC1CCc2c(ccc3cc(C(C)C)c(O)cc23)C1(C)C. The van der Waals surface area contributed by atoms with Crippen LogP contribution in [-0.4, -0.2) is 17.2 Å². The first-order valence-corrected chi connectivity index (χ1v) is 8.68. The molecule has 1 atom stereocenters. The van der Waals surface area contributed by atoms with Crippen LogP contribution in [0.25, 0.3) is 10.8 Å². The summed E-state index contributed by atoms with van der Waals surface area (Å²) in [6.07, 6.45) is 1.56. The number of phenolic OH excluding ortho intramolecular Hbond substituents is 1. The average Bonchev–Trinajstić information content (AvgIpc) is 2.48. The highest BCUT2D eigenvalue weighted by Crippen LogP contribution is 2.43. The van der Waals surface area contributed by atoms with Gasteiger partial charge in [0.05, 0.1) is 0 Å². The van der Waals surface area contributed by atoms with E-state index in [9.17, 15) is 9.90 Å². The Kier molecular flexibility index (Phi) is 4.06. The smallest absolute Gasteiger partial charge is 0.302 e. The zero-order valence-electron chi connectivity index (χ0n) is 15.1. The van der Waals surface area contributed by atoms with Gasteiger partial charge in [-0.1, -0.05) is 39.8 Å². The molecule has 3 rings (SSSR count). The zero-order chi connectivity index (χ0) is 17.6. The molecule has 1 aliphatic rings. The summed E-state index contributed by atoms with van der Waals surface area (Å²) in [5.74, 6) is 0.428. The molecule has 0 bridgehead atoms. The predicted octanol–water partition coefficient (Wildman–Crippen LogP) is 4.82. The number of hydrogen-bond donors (Lipinski definition) is 1. The third-order valence-corrected chi connectivity index (χ3v) is 5.36. The lowest BCUT2D eigenvalue weighted by Gasteiger charge is -2.40. The van der Waals surface area contributed by atoms with Crippen LogP contribution >= 0.6 is 0 Å². The van der Waals surface area contributed by atoms with Crippen molar-refractivity contribution in [2.75, 3.05) is 0 Å². The lowest BCUT2D eigenvalue weighted by atomic mass is 9.69. The Balaban J connectivity index is 2.15. The molecule has 0 spiro atoms. The number of phenols is 1. The first-order chi connectivity index (χ1) is 11.2. The van der Waals surface area contributed by atoms with Gasteiger partial charge in [-0.3, -0.25) is 4.79 Å². The molecule has 0 amide bonds. The summed E-state index contributed by atoms with van der Waals surface area (Å²) in [6, 6.07) is 8.29. The second-order valence-electron chi connectivity index (χ2n) is 7.74. The Labute approximate surface area is 143 Å². The molecule has 0 fully saturated rings. The van der Waals surface area contributed by atoms with Crippen LogP contribution in [0.1, 0.15) is 63.6 Å². The molecule has 2 aromatic carbocycles. The molecular formula is C21H26O3. The van der Waals surface area contributed by atoms with Gasteiger partial charge < -0.3 is 9.84 Å². The van der Waals surface area contributed by atoms with E-state index in [0.29, 0.717) is 5.75 Å². The van der Waals surface area contributed by atoms with Crippen molar-refractivity contribution in [1.82, 2.24) is 0 Å². The van der Waals surface area contributed by atoms with Crippen molar-refractivity contribution >= 4 is 16.7 Å². The van der Waals surface area contributed by atoms with Gasteiger partial charge in [0.15, 0.2) is 0 Å². The average molecular weight is 326 g/mol. The summed E-state index contributed by atoms with van der Waals surface area (Å²) in [5.41, 5.74) is 3.23. The van der Waals surface area contributed by atoms with E-state index in [0.717, 1.165) is 29.2 Å². The minimum absolute atomic E-state index is 0.108. The molecule has 0 heterocycles. The van der Waals surface area contributed by atoms with Crippen LogP contribution in [0.3, 0.4) is 0 Å². The van der Waals surface area contributed by atoms with Crippen LogP contribution in [-0.2, 0) is 21.4 Å². The number of rotatable bonds is 2. The molecule has 0 aromatic heterocycles. The van der Waals surface area contributed by atoms with Crippen LogP contribution < -0.4 is 0 Å². The van der Waals surface area contributed by atoms with Crippen LogP contribution in [0.4, 0.5) is 0 Å². The van der Waals surface area contributed by atoms with E-state index in [4.69, 9.17) is 4.74 Å². The maximum Gasteiger partial charge on any atom is 0.302 e. The Bertz CT molecular complexity index is 802. The lowest BCUT2D eigenvalue weighted by molar-refractivity contribution is -0.150. The van der Waals surface area contributed by atoms with Gasteiger partial charge in [0.25, 0.3) is 0 Å². The van der Waals surface area contributed by atoms with Gasteiger partial charge in [-0.15, -0.1) is 0 Å². The quantitative estimate of drug-likeness (QED) is 0.805. The molecule has 0 aliphatic heterocycles. The van der Waals surface area contributed by atoms with Gasteiger partial charge in [-0.05, 0) is 58.4 Å². The third kappa shape index (κ3) is 2.66. The minimum Gasteiger partial charge on any atom is -0.508 e. The van der Waals surface area contributed by atoms with Crippen molar-refractivity contribution < 1.29 is 14.6 Å². The van der Waals surface area contributed by atoms with Crippen LogP contribution in [0.2, 0.25) is 0 Å². The first-order valence-electron chi connectivity index (χ1n) is 8.68. The van der Waals surface area contributed by atoms with Gasteiger partial charge in [0.1, 0.15) is 11.9 Å². The number of aromatic hydroxyl groups is 1. The molecule has 24 heavy (non-hydrogen) atoms. The van der Waals surface area contributed by atoms with Gasteiger partial charge in [0, 0.05) is 12.3 Å². The Morgan fingerprint density at radius 2 is 2.00 bits per heavy atom. The van der Waals surface area contributed by atoms with E-state index >= 15 is 0 Å². The van der Waals surface area contributed by atoms with Gasteiger partial charge >= 0.3 is 5.97 Å². The molecule has 0 saturated carbocycles. The second-order valence-corrected chi connectivity index (χ2v) is 7.74. The third-order valence-electron chi connectivity index (χ3n) is 5.36. The highest BCUT2D eigenvalue weighted by atomic mass is 16.5. The number of carbonyl (C=O) groups is 1. The number of ether oxygens (including phenoxy) is 1. The van der Waals surface area contributed by atoms with Crippen LogP contribution in [0.5, 0.6) is 5.75 Å². The predicted molar refractivity (Wildman–Crippen MR) is 96.6 cm³/mol. The van der Waals surface area contributed by atoms with Crippen molar-refractivity contribution in [3.05, 3.63) is 41.0 Å². The molecule has 1 N–H and O–H groups in total. The summed E-state index contributed by atoms with van der Waals surface area (Å²) in [5, 5.41) is 12.7. The monoisotopic (exact) mass is 326 g/mol. The number of hydrogen-bond acceptors (Lipinski definition) is 3. The number of aryl methyl sites for hydroxylation is 1. The largest absolute Gasteiger partial charge is 0.508 e. The van der Waals surface area contributed by atoms with Crippen LogP contribution in [0, 0.1) is 0 Å². The fourth-order valence-electron chi connectivity index (χ4n) is 3.99. The Hall–Kier alpha value is -2.03. The lowest BCUT2D eigenvalue weighted by Crippen LogP contribution is -2.41. The fourth-order valence-corrected chi connectivity index (χ4v) is 3.99. The van der Waals surface area contributed by atoms with E-state index in [-0.39, 0.29) is 23.4 Å². The van der Waals surface area contributed by atoms with Crippen molar-refractivity contribution in [2.24, 2.45) is 0 Å². The molecule has 1 aliphatic carbocycles. The first kappa shape index (κ1) is 16.8. The molecule has 2 aromatic rings. The Morgan fingerprint density at radius 1 is 1.29 bits per heavy atom. The number of esters is 1. The highest BCUT2D eigenvalue weighted by Gasteiger charge is 2.39. The summed E-state index contributed by atoms with van der Waals surface area (Å²) >= 11 is 0. The van der Waals surface area contributed by atoms with E-state index in [2.05, 4.69) is 45.9 Å². The molecular weight excluding hydrogens is 300 g/mol. The summed E-state index contributed by atoms with van der Waals surface area (Å²) in [7, 11) is 0. The minimum atomic E-state index is -0.236.